The summed E-state index contributed by atoms with van der Waals surface area (Å²) in [6.07, 6.45) is 6.05. The second-order valence-corrected chi connectivity index (χ2v) is 15.5. The number of hydrogen-bond donors (Lipinski definition) is 1. The van der Waals surface area contributed by atoms with E-state index in [2.05, 4.69) is 59.5 Å². The lowest BCUT2D eigenvalue weighted by Crippen LogP contribution is -2.22. The first-order chi connectivity index (χ1) is 15.1. The molecular weight excluding hydrogens is 418 g/mol. The molecule has 2 heterocycles. The summed E-state index contributed by atoms with van der Waals surface area (Å²) in [6, 6.07) is 7.29. The minimum Gasteiger partial charge on any atom is -0.383 e. The van der Waals surface area contributed by atoms with Crippen LogP contribution in [-0.2, 0) is 22.7 Å². The molecule has 3 aromatic rings. The first kappa shape index (κ1) is 24.3. The molecule has 1 N–H and O–H groups in total. The van der Waals surface area contributed by atoms with Gasteiger partial charge >= 0.3 is 0 Å². The summed E-state index contributed by atoms with van der Waals surface area (Å²) in [7, 11) is 0.611. The van der Waals surface area contributed by atoms with Crippen molar-refractivity contribution in [2.75, 3.05) is 20.3 Å². The van der Waals surface area contributed by atoms with Crippen LogP contribution in [0.15, 0.2) is 36.8 Å². The molecule has 0 fully saturated rings. The van der Waals surface area contributed by atoms with Gasteiger partial charge in [0.05, 0.1) is 12.8 Å². The number of methoxy groups -OCH3 is 1. The zero-order valence-electron chi connectivity index (χ0n) is 20.1. The Hall–Kier alpha value is -2.37. The predicted octanol–water partition coefficient (Wildman–Crippen LogP) is 4.59. The molecule has 0 saturated heterocycles. The third kappa shape index (κ3) is 6.81. The molecule has 0 saturated carbocycles. The van der Waals surface area contributed by atoms with Crippen LogP contribution in [0.25, 0.3) is 22.0 Å². The zero-order valence-corrected chi connectivity index (χ0v) is 21.1. The van der Waals surface area contributed by atoms with Crippen LogP contribution in [0, 0.1) is 11.8 Å². The van der Waals surface area contributed by atoms with Crippen molar-refractivity contribution >= 4 is 19.0 Å². The van der Waals surface area contributed by atoms with Crippen LogP contribution in [0.5, 0.6) is 0 Å². The Labute approximate surface area is 192 Å². The van der Waals surface area contributed by atoms with Gasteiger partial charge in [0, 0.05) is 68.3 Å². The Morgan fingerprint density at radius 2 is 1.94 bits per heavy atom. The van der Waals surface area contributed by atoms with Gasteiger partial charge in [0.1, 0.15) is 12.3 Å². The highest BCUT2D eigenvalue weighted by atomic mass is 28.3. The molecule has 1 aromatic carbocycles. The second-order valence-electron chi connectivity index (χ2n) is 9.89. The number of fused-ring (bicyclic) bond motifs is 1. The summed E-state index contributed by atoms with van der Waals surface area (Å²) in [5, 5.41) is 15.6. The van der Waals surface area contributed by atoms with E-state index < -0.39 is 13.7 Å². The van der Waals surface area contributed by atoms with E-state index in [9.17, 15) is 5.11 Å². The largest absolute Gasteiger partial charge is 0.383 e. The monoisotopic (exact) mass is 453 g/mol. The quantitative estimate of drug-likeness (QED) is 0.293. The maximum atomic E-state index is 9.95. The molecule has 0 aliphatic heterocycles. The maximum absolute atomic E-state index is 9.95. The molecule has 0 aliphatic carbocycles. The molecule has 32 heavy (non-hydrogen) atoms. The molecule has 0 aliphatic rings. The van der Waals surface area contributed by atoms with Crippen molar-refractivity contribution in [3.05, 3.63) is 42.4 Å². The maximum Gasteiger partial charge on any atom is 0.139 e. The molecule has 0 atom stereocenters. The number of ether oxygens (including phenoxy) is 2. The third-order valence-electron chi connectivity index (χ3n) is 5.09. The van der Waals surface area contributed by atoms with Gasteiger partial charge in [-0.05, 0) is 38.1 Å². The number of hydrogen-bond acceptors (Lipinski definition) is 4. The highest BCUT2D eigenvalue weighted by molar-refractivity contribution is 6.76. The van der Waals surface area contributed by atoms with Gasteiger partial charge in [0.2, 0.25) is 0 Å². The fourth-order valence-corrected chi connectivity index (χ4v) is 4.07. The van der Waals surface area contributed by atoms with Crippen molar-refractivity contribution in [1.82, 2.24) is 14.3 Å². The van der Waals surface area contributed by atoms with Gasteiger partial charge in [-0.2, -0.15) is 5.10 Å². The minimum absolute atomic E-state index is 0.453. The van der Waals surface area contributed by atoms with E-state index in [4.69, 9.17) is 9.47 Å². The zero-order chi connectivity index (χ0) is 23.4. The molecule has 0 spiro atoms. The summed E-state index contributed by atoms with van der Waals surface area (Å²) >= 11 is 0. The highest BCUT2D eigenvalue weighted by Crippen LogP contribution is 2.31. The normalized spacial score (nSPS) is 12.2. The highest BCUT2D eigenvalue weighted by Gasteiger charge is 2.14. The Morgan fingerprint density at radius 1 is 1.16 bits per heavy atom. The van der Waals surface area contributed by atoms with Crippen molar-refractivity contribution < 1.29 is 14.6 Å². The van der Waals surface area contributed by atoms with Gasteiger partial charge in [-0.25, -0.2) is 4.68 Å². The van der Waals surface area contributed by atoms with Crippen LogP contribution >= 0.6 is 0 Å². The van der Waals surface area contributed by atoms with Gasteiger partial charge in [-0.1, -0.05) is 31.5 Å². The smallest absolute Gasteiger partial charge is 0.139 e. The Morgan fingerprint density at radius 3 is 2.62 bits per heavy atom. The van der Waals surface area contributed by atoms with Crippen LogP contribution in [0.3, 0.4) is 0 Å². The summed E-state index contributed by atoms with van der Waals surface area (Å²) in [4.78, 5) is 0. The van der Waals surface area contributed by atoms with Gasteiger partial charge in [-0.15, -0.1) is 0 Å². The van der Waals surface area contributed by atoms with E-state index in [-0.39, 0.29) is 0 Å². The first-order valence-corrected chi connectivity index (χ1v) is 14.7. The topological polar surface area (TPSA) is 61.4 Å². The lowest BCUT2D eigenvalue weighted by atomic mass is 10.0. The van der Waals surface area contributed by atoms with Crippen molar-refractivity contribution in [3.8, 4) is 23.0 Å². The fourth-order valence-electron chi connectivity index (χ4n) is 3.31. The first-order valence-electron chi connectivity index (χ1n) is 11.0. The summed E-state index contributed by atoms with van der Waals surface area (Å²) in [5.74, 6) is 5.98. The Kier molecular flexibility index (Phi) is 7.62. The van der Waals surface area contributed by atoms with Crippen LogP contribution in [0.2, 0.25) is 25.7 Å². The van der Waals surface area contributed by atoms with E-state index in [1.165, 1.54) is 0 Å². The van der Waals surface area contributed by atoms with Gasteiger partial charge in [0.15, 0.2) is 0 Å². The van der Waals surface area contributed by atoms with Gasteiger partial charge in [-0.3, -0.25) is 0 Å². The van der Waals surface area contributed by atoms with E-state index in [1.807, 2.05) is 23.1 Å². The van der Waals surface area contributed by atoms with E-state index in [0.717, 1.165) is 46.8 Å². The fraction of sp³-hybridized carbons (Fsp3) is 0.480. The van der Waals surface area contributed by atoms with Crippen LogP contribution in [0.4, 0.5) is 0 Å². The third-order valence-corrected chi connectivity index (χ3v) is 6.80. The van der Waals surface area contributed by atoms with Crippen molar-refractivity contribution in [1.29, 1.82) is 0 Å². The molecule has 0 bridgehead atoms. The average molecular weight is 454 g/mol. The lowest BCUT2D eigenvalue weighted by molar-refractivity contribution is 0.0786. The number of aliphatic hydroxyl groups is 1. The molecule has 172 valence electrons. The predicted molar refractivity (Wildman–Crippen MR) is 132 cm³/mol. The number of aromatic nitrogens is 3. The van der Waals surface area contributed by atoms with Gasteiger partial charge in [0.25, 0.3) is 0 Å². The Balaban J connectivity index is 1.89. The lowest BCUT2D eigenvalue weighted by Gasteiger charge is -2.15. The van der Waals surface area contributed by atoms with Crippen molar-refractivity contribution in [2.45, 2.75) is 58.4 Å². The summed E-state index contributed by atoms with van der Waals surface area (Å²) in [5.41, 5.74) is 3.08. The number of benzene rings is 1. The van der Waals surface area contributed by atoms with E-state index in [1.54, 1.807) is 21.0 Å². The van der Waals surface area contributed by atoms with Crippen LogP contribution < -0.4 is 0 Å². The minimum atomic E-state index is -1.10. The SMILES string of the molecule is COCCn1cc(-c2cnn(COCC[Si](C)(C)C)c2)c2cc(C#CC(C)(C)O)ccc21. The molecule has 7 heteroatoms. The standard InChI is InChI=1S/C25H35N3O3Si/c1-25(2,29)10-9-20-7-8-24-22(15-20)23(18-27(24)11-12-30-3)21-16-26-28(17-21)19-31-13-14-32(4,5)6/h7-8,15-18,29H,11-14,19H2,1-6H3. The average Bonchev–Trinajstić information content (AvgIpc) is 3.31. The molecule has 0 radical (unpaired) electrons. The second kappa shape index (κ2) is 10.0. The Bertz CT molecular complexity index is 1110. The molecule has 2 aromatic heterocycles. The number of rotatable bonds is 9. The van der Waals surface area contributed by atoms with Crippen molar-refractivity contribution in [3.63, 3.8) is 0 Å². The summed E-state index contributed by atoms with van der Waals surface area (Å²) in [6.45, 7) is 13.0. The van der Waals surface area contributed by atoms with E-state index in [0.29, 0.717) is 13.3 Å². The molecular formula is C25H35N3O3Si. The van der Waals surface area contributed by atoms with Crippen LogP contribution in [-0.4, -0.2) is 53.5 Å². The summed E-state index contributed by atoms with van der Waals surface area (Å²) < 4.78 is 15.2. The van der Waals surface area contributed by atoms with Crippen LogP contribution in [0.1, 0.15) is 19.4 Å². The van der Waals surface area contributed by atoms with Gasteiger partial charge < -0.3 is 19.1 Å². The molecule has 0 amide bonds. The number of nitrogens with zero attached hydrogens (tertiary/aromatic N) is 3. The molecule has 3 rings (SSSR count). The molecule has 0 unspecified atom stereocenters. The van der Waals surface area contributed by atoms with Crippen molar-refractivity contribution in [2.24, 2.45) is 0 Å². The molecule has 6 nitrogen and oxygen atoms in total. The van der Waals surface area contributed by atoms with E-state index >= 15 is 0 Å².